The van der Waals surface area contributed by atoms with Crippen LogP contribution in [0.1, 0.15) is 35.6 Å². The Morgan fingerprint density at radius 3 is 2.61 bits per heavy atom. The number of carboxylic acids is 1. The Kier molecular flexibility index (Phi) is 5.98. The normalized spacial score (nSPS) is 15.6. The van der Waals surface area contributed by atoms with Gasteiger partial charge in [-0.1, -0.05) is 51.8 Å². The lowest BCUT2D eigenvalue weighted by atomic mass is 10.0. The van der Waals surface area contributed by atoms with Crippen LogP contribution in [0.15, 0.2) is 59.1 Å². The first-order valence-electron chi connectivity index (χ1n) is 9.65. The van der Waals surface area contributed by atoms with Crippen molar-refractivity contribution in [3.63, 3.8) is 0 Å². The minimum Gasteiger partial charge on any atom is -0.550 e. The molecule has 0 radical (unpaired) electrons. The standard InChI is InChI=1S/C23H19BrClN3O3/c1-13-2-3-15-11-17(23(25)26-18(15)10-13)20-12-19(14-4-6-16(24)7-5-14)27-28(20)21(29)8-9-22(30)31/h2-7,10-12,20,27H,8-9H2,1H3,(H,30,31)/p-1. The summed E-state index contributed by atoms with van der Waals surface area (Å²) in [5.74, 6) is -1.65. The third-order valence-electron chi connectivity index (χ3n) is 5.08. The van der Waals surface area contributed by atoms with Crippen molar-refractivity contribution in [1.82, 2.24) is 15.4 Å². The fourth-order valence-corrected chi connectivity index (χ4v) is 4.03. The molecule has 8 heteroatoms. The van der Waals surface area contributed by atoms with Gasteiger partial charge in [-0.05, 0) is 54.8 Å². The van der Waals surface area contributed by atoms with Crippen LogP contribution in [0.3, 0.4) is 0 Å². The molecule has 1 atom stereocenters. The smallest absolute Gasteiger partial charge is 0.242 e. The highest BCUT2D eigenvalue weighted by Crippen LogP contribution is 2.36. The fourth-order valence-electron chi connectivity index (χ4n) is 3.51. The molecule has 0 fully saturated rings. The Bertz CT molecular complexity index is 1210. The van der Waals surface area contributed by atoms with Crippen molar-refractivity contribution in [3.05, 3.63) is 80.9 Å². The molecule has 0 spiro atoms. The van der Waals surface area contributed by atoms with E-state index in [1.54, 1.807) is 0 Å². The van der Waals surface area contributed by atoms with Crippen LogP contribution >= 0.6 is 27.5 Å². The number of aryl methyl sites for hydroxylation is 1. The van der Waals surface area contributed by atoms with Crippen molar-refractivity contribution in [2.75, 3.05) is 0 Å². The highest BCUT2D eigenvalue weighted by Gasteiger charge is 2.32. The van der Waals surface area contributed by atoms with E-state index in [1.165, 1.54) is 5.01 Å². The van der Waals surface area contributed by atoms with Crippen LogP contribution in [0.25, 0.3) is 16.6 Å². The maximum Gasteiger partial charge on any atom is 0.242 e. The number of nitrogens with one attached hydrogen (secondary N) is 1. The number of carbonyl (C=O) groups is 2. The average molecular weight is 500 g/mol. The molecule has 0 saturated carbocycles. The summed E-state index contributed by atoms with van der Waals surface area (Å²) >= 11 is 9.95. The van der Waals surface area contributed by atoms with Gasteiger partial charge in [-0.25, -0.2) is 9.99 Å². The molecule has 3 aromatic rings. The summed E-state index contributed by atoms with van der Waals surface area (Å²) in [7, 11) is 0. The molecule has 0 aliphatic carbocycles. The van der Waals surface area contributed by atoms with Gasteiger partial charge < -0.3 is 9.90 Å². The Balaban J connectivity index is 1.76. The molecule has 1 aliphatic heterocycles. The molecule has 1 N–H and O–H groups in total. The zero-order valence-electron chi connectivity index (χ0n) is 16.6. The van der Waals surface area contributed by atoms with Crippen LogP contribution in [0.2, 0.25) is 5.15 Å². The molecule has 1 amide bonds. The summed E-state index contributed by atoms with van der Waals surface area (Å²) < 4.78 is 0.936. The Labute approximate surface area is 192 Å². The zero-order valence-corrected chi connectivity index (χ0v) is 18.9. The highest BCUT2D eigenvalue weighted by molar-refractivity contribution is 9.10. The summed E-state index contributed by atoms with van der Waals surface area (Å²) in [6.45, 7) is 1.98. The number of rotatable bonds is 5. The molecule has 6 nitrogen and oxygen atoms in total. The van der Waals surface area contributed by atoms with Gasteiger partial charge >= 0.3 is 0 Å². The zero-order chi connectivity index (χ0) is 22.1. The number of hydrogen-bond acceptors (Lipinski definition) is 5. The highest BCUT2D eigenvalue weighted by atomic mass is 79.9. The van der Waals surface area contributed by atoms with Crippen molar-refractivity contribution in [1.29, 1.82) is 0 Å². The summed E-state index contributed by atoms with van der Waals surface area (Å²) in [6.07, 6.45) is 1.34. The largest absolute Gasteiger partial charge is 0.550 e. The summed E-state index contributed by atoms with van der Waals surface area (Å²) in [5, 5.41) is 13.5. The second-order valence-corrected chi connectivity index (χ2v) is 8.62. The van der Waals surface area contributed by atoms with Crippen LogP contribution in [0.5, 0.6) is 0 Å². The number of fused-ring (bicyclic) bond motifs is 1. The van der Waals surface area contributed by atoms with Gasteiger partial charge in [0.15, 0.2) is 0 Å². The minimum absolute atomic E-state index is 0.189. The summed E-state index contributed by atoms with van der Waals surface area (Å²) in [5.41, 5.74) is 7.21. The molecule has 1 aromatic heterocycles. The van der Waals surface area contributed by atoms with Gasteiger partial charge in [0.25, 0.3) is 0 Å². The Morgan fingerprint density at radius 1 is 1.16 bits per heavy atom. The van der Waals surface area contributed by atoms with E-state index in [4.69, 9.17) is 11.6 Å². The van der Waals surface area contributed by atoms with Gasteiger partial charge in [0.1, 0.15) is 11.2 Å². The Morgan fingerprint density at radius 2 is 1.90 bits per heavy atom. The van der Waals surface area contributed by atoms with Gasteiger partial charge in [-0.15, -0.1) is 0 Å². The van der Waals surface area contributed by atoms with E-state index < -0.39 is 12.0 Å². The molecule has 0 saturated heterocycles. The second-order valence-electron chi connectivity index (χ2n) is 7.34. The number of nitrogens with zero attached hydrogens (tertiary/aromatic N) is 2. The number of hydrazine groups is 1. The van der Waals surface area contributed by atoms with E-state index in [0.29, 0.717) is 5.56 Å². The minimum atomic E-state index is -1.27. The number of carboxylic acid groups (broad SMARTS) is 1. The third-order valence-corrected chi connectivity index (χ3v) is 5.91. The second kappa shape index (κ2) is 8.69. The lowest BCUT2D eigenvalue weighted by molar-refractivity contribution is -0.305. The van der Waals surface area contributed by atoms with E-state index in [-0.39, 0.29) is 23.9 Å². The topological polar surface area (TPSA) is 85.4 Å². The van der Waals surface area contributed by atoms with Gasteiger partial charge in [-0.2, -0.15) is 0 Å². The predicted molar refractivity (Wildman–Crippen MR) is 121 cm³/mol. The molecular formula is C23H18BrClN3O3-. The van der Waals surface area contributed by atoms with E-state index in [9.17, 15) is 14.7 Å². The molecule has 4 rings (SSSR count). The quantitative estimate of drug-likeness (QED) is 0.538. The molecule has 1 aliphatic rings. The number of benzene rings is 2. The van der Waals surface area contributed by atoms with Crippen molar-refractivity contribution in [3.8, 4) is 0 Å². The van der Waals surface area contributed by atoms with Crippen molar-refractivity contribution in [2.24, 2.45) is 0 Å². The number of carbonyl (C=O) groups excluding carboxylic acids is 2. The SMILES string of the molecule is Cc1ccc2cc(C3C=C(c4ccc(Br)cc4)NN3C(=O)CCC(=O)[O-])c(Cl)nc2c1. The van der Waals surface area contributed by atoms with Crippen LogP contribution in [-0.4, -0.2) is 21.9 Å². The number of aliphatic carboxylic acids is 1. The van der Waals surface area contributed by atoms with Crippen LogP contribution in [0, 0.1) is 6.92 Å². The van der Waals surface area contributed by atoms with Crippen LogP contribution < -0.4 is 10.5 Å². The maximum atomic E-state index is 12.9. The van der Waals surface area contributed by atoms with Crippen molar-refractivity contribution >= 4 is 56.0 Å². The molecular weight excluding hydrogens is 482 g/mol. The number of pyridine rings is 1. The number of amides is 1. The number of aromatic nitrogens is 1. The van der Waals surface area contributed by atoms with Crippen molar-refractivity contribution in [2.45, 2.75) is 25.8 Å². The average Bonchev–Trinajstić information content (AvgIpc) is 3.17. The van der Waals surface area contributed by atoms with Gasteiger partial charge in [0.05, 0.1) is 11.2 Å². The molecule has 31 heavy (non-hydrogen) atoms. The van der Waals surface area contributed by atoms with E-state index in [1.807, 2.05) is 61.5 Å². The Hall–Kier alpha value is -2.90. The first-order valence-corrected chi connectivity index (χ1v) is 10.8. The van der Waals surface area contributed by atoms with Crippen molar-refractivity contribution < 1.29 is 14.7 Å². The fraction of sp³-hybridized carbons (Fsp3) is 0.174. The van der Waals surface area contributed by atoms with E-state index in [0.717, 1.165) is 32.2 Å². The van der Waals surface area contributed by atoms with E-state index in [2.05, 4.69) is 26.3 Å². The maximum absolute atomic E-state index is 12.9. The molecule has 2 heterocycles. The monoisotopic (exact) mass is 498 g/mol. The molecule has 2 aromatic carbocycles. The first-order chi connectivity index (χ1) is 14.8. The third kappa shape index (κ3) is 4.57. The number of halogens is 2. The summed E-state index contributed by atoms with van der Waals surface area (Å²) in [4.78, 5) is 28.2. The van der Waals surface area contributed by atoms with E-state index >= 15 is 0 Å². The lowest BCUT2D eigenvalue weighted by Gasteiger charge is -2.26. The number of hydrogen-bond donors (Lipinski definition) is 1. The van der Waals surface area contributed by atoms with Gasteiger partial charge in [0.2, 0.25) is 5.91 Å². The van der Waals surface area contributed by atoms with Gasteiger partial charge in [-0.3, -0.25) is 10.2 Å². The molecule has 158 valence electrons. The lowest BCUT2D eigenvalue weighted by Crippen LogP contribution is -2.40. The van der Waals surface area contributed by atoms with Crippen LogP contribution in [0.4, 0.5) is 0 Å². The van der Waals surface area contributed by atoms with Crippen LogP contribution in [-0.2, 0) is 9.59 Å². The molecule has 0 bridgehead atoms. The molecule has 1 unspecified atom stereocenters. The predicted octanol–water partition coefficient (Wildman–Crippen LogP) is 3.92. The first kappa shape index (κ1) is 21.3. The summed E-state index contributed by atoms with van der Waals surface area (Å²) in [6, 6.07) is 14.9. The van der Waals surface area contributed by atoms with Gasteiger partial charge in [0, 0.05) is 27.8 Å².